The van der Waals surface area contributed by atoms with E-state index in [9.17, 15) is 4.79 Å². The Morgan fingerprint density at radius 3 is 1.86 bits per heavy atom. The van der Waals surface area contributed by atoms with Crippen molar-refractivity contribution in [3.63, 3.8) is 0 Å². The molecular weight excluding hydrogens is 266 g/mol. The topological polar surface area (TPSA) is 47.6 Å². The number of amides is 1. The van der Waals surface area contributed by atoms with Gasteiger partial charge < -0.3 is 14.8 Å². The molecule has 0 unspecified atom stereocenters. The van der Waals surface area contributed by atoms with Crippen molar-refractivity contribution >= 4 is 5.91 Å². The second kappa shape index (κ2) is 6.37. The molecule has 21 heavy (non-hydrogen) atoms. The summed E-state index contributed by atoms with van der Waals surface area (Å²) in [6.45, 7) is 10.6. The maximum Gasteiger partial charge on any atom is 0.251 e. The average molecular weight is 293 g/mol. The molecule has 0 aliphatic carbocycles. The van der Waals surface area contributed by atoms with Gasteiger partial charge in [0.05, 0.1) is 14.2 Å². The highest BCUT2D eigenvalue weighted by atomic mass is 16.5. The van der Waals surface area contributed by atoms with Crippen LogP contribution in [-0.2, 0) is 0 Å². The zero-order valence-corrected chi connectivity index (χ0v) is 14.2. The van der Waals surface area contributed by atoms with Gasteiger partial charge in [-0.1, -0.05) is 20.8 Å². The summed E-state index contributed by atoms with van der Waals surface area (Å²) in [5.41, 5.74) is 0.391. The van der Waals surface area contributed by atoms with Crippen LogP contribution in [0.2, 0.25) is 0 Å². The molecule has 0 heterocycles. The fourth-order valence-corrected chi connectivity index (χ4v) is 2.69. The maximum absolute atomic E-state index is 12.5. The number of nitrogens with one attached hydrogen (secondary N) is 1. The molecule has 1 amide bonds. The summed E-state index contributed by atoms with van der Waals surface area (Å²) in [7, 11) is 3.14. The van der Waals surface area contributed by atoms with E-state index in [-0.39, 0.29) is 16.9 Å². The summed E-state index contributed by atoms with van der Waals surface area (Å²) in [6.07, 6.45) is 0.882. The minimum atomic E-state index is -0.286. The molecule has 1 aromatic rings. The zero-order valence-electron chi connectivity index (χ0n) is 14.2. The summed E-state index contributed by atoms with van der Waals surface area (Å²) < 4.78 is 10.4. The first-order valence-electron chi connectivity index (χ1n) is 7.12. The summed E-state index contributed by atoms with van der Waals surface area (Å²) >= 11 is 0. The van der Waals surface area contributed by atoms with Crippen LogP contribution in [0.5, 0.6) is 11.5 Å². The highest BCUT2D eigenvalue weighted by Crippen LogP contribution is 2.28. The maximum atomic E-state index is 12.5. The first-order chi connectivity index (χ1) is 9.56. The Morgan fingerprint density at radius 1 is 1.00 bits per heavy atom. The molecule has 0 aliphatic heterocycles. The van der Waals surface area contributed by atoms with E-state index in [4.69, 9.17) is 9.47 Å². The van der Waals surface area contributed by atoms with Gasteiger partial charge in [0.2, 0.25) is 0 Å². The van der Waals surface area contributed by atoms with Gasteiger partial charge >= 0.3 is 0 Å². The molecule has 0 atom stereocenters. The third-order valence-electron chi connectivity index (χ3n) is 3.04. The van der Waals surface area contributed by atoms with Gasteiger partial charge in [0.15, 0.2) is 0 Å². The fraction of sp³-hybridized carbons (Fsp3) is 0.588. The van der Waals surface area contributed by atoms with Gasteiger partial charge in [0.1, 0.15) is 11.5 Å². The molecule has 0 bridgehead atoms. The van der Waals surface area contributed by atoms with Crippen molar-refractivity contribution in [3.05, 3.63) is 23.8 Å². The first-order valence-corrected chi connectivity index (χ1v) is 7.12. The standard InChI is InChI=1S/C17H27NO3/c1-16(2,3)11-17(4,5)18-15(19)12-8-13(20-6)10-14(9-12)21-7/h8-10H,11H2,1-7H3,(H,18,19). The van der Waals surface area contributed by atoms with E-state index in [0.29, 0.717) is 17.1 Å². The van der Waals surface area contributed by atoms with Crippen molar-refractivity contribution < 1.29 is 14.3 Å². The SMILES string of the molecule is COc1cc(OC)cc(C(=O)NC(C)(C)CC(C)(C)C)c1. The van der Waals surface area contributed by atoms with Gasteiger partial charge in [-0.2, -0.15) is 0 Å². The van der Waals surface area contributed by atoms with Gasteiger partial charge in [-0.25, -0.2) is 0 Å². The molecule has 1 N–H and O–H groups in total. The number of methoxy groups -OCH3 is 2. The Bertz CT molecular complexity index is 479. The summed E-state index contributed by atoms with van der Waals surface area (Å²) in [6, 6.07) is 5.17. The molecular formula is C17H27NO3. The van der Waals surface area contributed by atoms with Crippen molar-refractivity contribution in [2.45, 2.75) is 46.6 Å². The van der Waals surface area contributed by atoms with Crippen LogP contribution in [0, 0.1) is 5.41 Å². The molecule has 4 heteroatoms. The molecule has 0 spiro atoms. The van der Waals surface area contributed by atoms with Crippen molar-refractivity contribution in [1.29, 1.82) is 0 Å². The Morgan fingerprint density at radius 2 is 1.48 bits per heavy atom. The highest BCUT2D eigenvalue weighted by Gasteiger charge is 2.27. The Hall–Kier alpha value is -1.71. The second-order valence-corrected chi connectivity index (χ2v) is 7.18. The van der Waals surface area contributed by atoms with Crippen LogP contribution in [0.25, 0.3) is 0 Å². The number of hydrogen-bond donors (Lipinski definition) is 1. The van der Waals surface area contributed by atoms with Crippen molar-refractivity contribution in [2.24, 2.45) is 5.41 Å². The van der Waals surface area contributed by atoms with Gasteiger partial charge in [-0.15, -0.1) is 0 Å². The Balaban J connectivity index is 2.93. The predicted octanol–water partition coefficient (Wildman–Crippen LogP) is 3.65. The minimum Gasteiger partial charge on any atom is -0.497 e. The third kappa shape index (κ3) is 5.66. The zero-order chi connectivity index (χ0) is 16.3. The van der Waals surface area contributed by atoms with E-state index in [1.807, 2.05) is 13.8 Å². The van der Waals surface area contributed by atoms with E-state index in [1.54, 1.807) is 32.4 Å². The highest BCUT2D eigenvalue weighted by molar-refractivity contribution is 5.95. The molecule has 1 rings (SSSR count). The van der Waals surface area contributed by atoms with Gasteiger partial charge in [-0.05, 0) is 37.8 Å². The van der Waals surface area contributed by atoms with E-state index in [2.05, 4.69) is 26.1 Å². The van der Waals surface area contributed by atoms with Crippen molar-refractivity contribution in [3.8, 4) is 11.5 Å². The largest absolute Gasteiger partial charge is 0.497 e. The van der Waals surface area contributed by atoms with Gasteiger partial charge in [-0.3, -0.25) is 4.79 Å². The van der Waals surface area contributed by atoms with Crippen LogP contribution in [-0.4, -0.2) is 25.7 Å². The lowest BCUT2D eigenvalue weighted by molar-refractivity contribution is 0.0890. The lowest BCUT2D eigenvalue weighted by Crippen LogP contribution is -2.45. The molecule has 0 aromatic heterocycles. The van der Waals surface area contributed by atoms with Crippen LogP contribution in [0.15, 0.2) is 18.2 Å². The fourth-order valence-electron chi connectivity index (χ4n) is 2.69. The second-order valence-electron chi connectivity index (χ2n) is 7.18. The Labute approximate surface area is 127 Å². The number of benzene rings is 1. The van der Waals surface area contributed by atoms with Gasteiger partial charge in [0.25, 0.3) is 5.91 Å². The quantitative estimate of drug-likeness (QED) is 0.901. The van der Waals surface area contributed by atoms with Crippen LogP contribution in [0.3, 0.4) is 0 Å². The normalized spacial score (nSPS) is 12.0. The first kappa shape index (κ1) is 17.3. The number of rotatable bonds is 5. The lowest BCUT2D eigenvalue weighted by Gasteiger charge is -2.33. The molecule has 118 valence electrons. The van der Waals surface area contributed by atoms with Crippen LogP contribution in [0.4, 0.5) is 0 Å². The van der Waals surface area contributed by atoms with Gasteiger partial charge in [0, 0.05) is 17.2 Å². The molecule has 0 fully saturated rings. The predicted molar refractivity (Wildman–Crippen MR) is 85.2 cm³/mol. The Kier molecular flexibility index (Phi) is 5.26. The number of hydrogen-bond acceptors (Lipinski definition) is 3. The van der Waals surface area contributed by atoms with Crippen LogP contribution < -0.4 is 14.8 Å². The molecule has 0 radical (unpaired) electrons. The number of ether oxygens (including phenoxy) is 2. The summed E-state index contributed by atoms with van der Waals surface area (Å²) in [5, 5.41) is 3.08. The molecule has 0 aliphatic rings. The molecule has 0 saturated carbocycles. The van der Waals surface area contributed by atoms with Crippen LogP contribution >= 0.6 is 0 Å². The van der Waals surface area contributed by atoms with Crippen LogP contribution in [0.1, 0.15) is 51.4 Å². The van der Waals surface area contributed by atoms with E-state index >= 15 is 0 Å². The monoisotopic (exact) mass is 293 g/mol. The smallest absolute Gasteiger partial charge is 0.251 e. The van der Waals surface area contributed by atoms with Crippen molar-refractivity contribution in [1.82, 2.24) is 5.32 Å². The number of carbonyl (C=O) groups is 1. The minimum absolute atomic E-state index is 0.124. The van der Waals surface area contributed by atoms with E-state index in [1.165, 1.54) is 0 Å². The molecule has 4 nitrogen and oxygen atoms in total. The average Bonchev–Trinajstić information content (AvgIpc) is 2.34. The summed E-state index contributed by atoms with van der Waals surface area (Å²) in [5.74, 6) is 1.09. The lowest BCUT2D eigenvalue weighted by atomic mass is 9.81. The molecule has 1 aromatic carbocycles. The van der Waals surface area contributed by atoms with Crippen molar-refractivity contribution in [2.75, 3.05) is 14.2 Å². The van der Waals surface area contributed by atoms with E-state index in [0.717, 1.165) is 6.42 Å². The molecule has 0 saturated heterocycles. The van der Waals surface area contributed by atoms with E-state index < -0.39 is 0 Å². The number of carbonyl (C=O) groups excluding carboxylic acids is 1. The summed E-state index contributed by atoms with van der Waals surface area (Å²) in [4.78, 5) is 12.5. The third-order valence-corrected chi connectivity index (χ3v) is 3.04.